The molecule has 0 amide bonds. The molecule has 0 spiro atoms. The molecule has 236 valence electrons. The Bertz CT molecular complexity index is 2410. The van der Waals surface area contributed by atoms with Gasteiger partial charge in [-0.15, -0.1) is 0 Å². The summed E-state index contributed by atoms with van der Waals surface area (Å²) in [6.45, 7) is 3.83. The maximum absolute atomic E-state index is 14.7. The number of alkyl halides is 6. The van der Waals surface area contributed by atoms with Gasteiger partial charge in [0, 0.05) is 0 Å². The summed E-state index contributed by atoms with van der Waals surface area (Å²) in [6.07, 6.45) is -5.86. The molecule has 0 N–H and O–H groups in total. The molecule has 0 radical (unpaired) electrons. The van der Waals surface area contributed by atoms with Gasteiger partial charge in [-0.2, -0.15) is 26.3 Å². The Morgan fingerprint density at radius 2 is 0.917 bits per heavy atom. The first-order valence-corrected chi connectivity index (χ1v) is 15.2. The van der Waals surface area contributed by atoms with Crippen LogP contribution in [-0.4, -0.2) is 0 Å². The molecule has 0 atom stereocenters. The Labute approximate surface area is 273 Å². The van der Waals surface area contributed by atoms with Gasteiger partial charge in [0.05, 0.1) is 11.1 Å². The Balaban J connectivity index is 1.72. The molecular weight excluding hydrogens is 618 g/mol. The zero-order chi connectivity index (χ0) is 33.8. The van der Waals surface area contributed by atoms with E-state index in [2.05, 4.69) is 11.5 Å². The number of aryl methyl sites for hydroxylation is 1. The van der Waals surface area contributed by atoms with Gasteiger partial charge in [0.2, 0.25) is 0 Å². The minimum atomic E-state index is -4.68. The standard InChI is InChI=1S/C42H26F6/c1-25-11-3-5-13-29(25)27-19-21-31-35(23-27)39(33-15-7-9-17-37(33)41(43,44)45)32-22-20-28(30-14-6-4-12-26(30)2)24-36(32)40(31)34-16-8-10-18-38(34)42(46,47)48/h3,5,7-24H,1-2H3. The first-order valence-electron chi connectivity index (χ1n) is 15.2. The van der Waals surface area contributed by atoms with Gasteiger partial charge < -0.3 is 0 Å². The molecular formula is C42H26F6. The lowest BCUT2D eigenvalue weighted by Gasteiger charge is -2.23. The van der Waals surface area contributed by atoms with Crippen molar-refractivity contribution in [1.29, 1.82) is 0 Å². The van der Waals surface area contributed by atoms with E-state index in [1.54, 1.807) is 54.6 Å². The van der Waals surface area contributed by atoms with Gasteiger partial charge in [-0.1, -0.05) is 96.4 Å². The van der Waals surface area contributed by atoms with Gasteiger partial charge in [0.25, 0.3) is 0 Å². The summed E-state index contributed by atoms with van der Waals surface area (Å²) in [7, 11) is 0. The third-order valence-electron chi connectivity index (χ3n) is 8.90. The fourth-order valence-electron chi connectivity index (χ4n) is 6.70. The van der Waals surface area contributed by atoms with E-state index in [9.17, 15) is 26.3 Å². The lowest BCUT2D eigenvalue weighted by molar-refractivity contribution is -0.137. The fourth-order valence-corrected chi connectivity index (χ4v) is 6.70. The number of hydrogen-bond donors (Lipinski definition) is 0. The van der Waals surface area contributed by atoms with Crippen LogP contribution in [0.5, 0.6) is 0 Å². The average molecular weight is 645 g/mol. The Morgan fingerprint density at radius 3 is 1.44 bits per heavy atom. The van der Waals surface area contributed by atoms with Gasteiger partial charge in [0.15, 0.2) is 0 Å². The van der Waals surface area contributed by atoms with E-state index >= 15 is 0 Å². The zero-order valence-corrected chi connectivity index (χ0v) is 25.8. The van der Waals surface area contributed by atoms with Crippen molar-refractivity contribution in [2.75, 3.05) is 0 Å². The van der Waals surface area contributed by atoms with E-state index in [4.69, 9.17) is 0 Å². The predicted molar refractivity (Wildman–Crippen MR) is 181 cm³/mol. The number of benzene rings is 6. The molecule has 0 aromatic heterocycles. The minimum Gasteiger partial charge on any atom is -0.166 e. The molecule has 0 bridgehead atoms. The SMILES string of the molecule is CC1=C(c2ccc3c(-c4ccccc4C(F)(F)F)c4cc(-c5ccccc5C)ccc4c(-c4ccccc4C(F)(F)F)c3c2)C=C=C=C1. The number of fused-ring (bicyclic) bond motifs is 2. The van der Waals surface area contributed by atoms with E-state index in [0.717, 1.165) is 40.0 Å². The van der Waals surface area contributed by atoms with Crippen LogP contribution in [0, 0.1) is 6.92 Å². The van der Waals surface area contributed by atoms with Crippen LogP contribution in [0.25, 0.3) is 60.5 Å². The average Bonchev–Trinajstić information content (AvgIpc) is 3.06. The summed E-state index contributed by atoms with van der Waals surface area (Å²) < 4.78 is 87.9. The Hall–Kier alpha value is -5.54. The van der Waals surface area contributed by atoms with Gasteiger partial charge in [0.1, 0.15) is 0 Å². The van der Waals surface area contributed by atoms with Crippen molar-refractivity contribution in [1.82, 2.24) is 0 Å². The Morgan fingerprint density at radius 1 is 0.458 bits per heavy atom. The number of rotatable bonds is 4. The summed E-state index contributed by atoms with van der Waals surface area (Å²) in [5.74, 6) is 0. The van der Waals surface area contributed by atoms with Crippen LogP contribution in [-0.2, 0) is 12.4 Å². The molecule has 0 fully saturated rings. The molecule has 6 aromatic rings. The highest BCUT2D eigenvalue weighted by molar-refractivity contribution is 6.23. The molecule has 6 aromatic carbocycles. The topological polar surface area (TPSA) is 0 Å². The highest BCUT2D eigenvalue weighted by Gasteiger charge is 2.36. The number of hydrogen-bond acceptors (Lipinski definition) is 0. The fraction of sp³-hybridized carbons (Fsp3) is 0.0952. The van der Waals surface area contributed by atoms with E-state index in [-0.39, 0.29) is 11.1 Å². The molecule has 0 aliphatic heterocycles. The molecule has 0 saturated heterocycles. The van der Waals surface area contributed by atoms with E-state index in [1.165, 1.54) is 24.3 Å². The van der Waals surface area contributed by atoms with Crippen LogP contribution >= 0.6 is 0 Å². The summed E-state index contributed by atoms with van der Waals surface area (Å²) in [6, 6.07) is 29.0. The zero-order valence-electron chi connectivity index (χ0n) is 25.8. The Kier molecular flexibility index (Phi) is 7.52. The molecule has 6 heteroatoms. The van der Waals surface area contributed by atoms with Crippen molar-refractivity contribution in [3.8, 4) is 33.4 Å². The van der Waals surface area contributed by atoms with E-state index in [1.807, 2.05) is 44.2 Å². The second-order valence-corrected chi connectivity index (χ2v) is 11.8. The smallest absolute Gasteiger partial charge is 0.166 e. The first kappa shape index (κ1) is 31.1. The molecule has 0 nitrogen and oxygen atoms in total. The monoisotopic (exact) mass is 644 g/mol. The second kappa shape index (κ2) is 11.6. The molecule has 0 heterocycles. The van der Waals surface area contributed by atoms with Crippen LogP contribution in [0.4, 0.5) is 26.3 Å². The lowest BCUT2D eigenvalue weighted by Crippen LogP contribution is -2.08. The van der Waals surface area contributed by atoms with Crippen molar-refractivity contribution in [2.45, 2.75) is 26.2 Å². The molecule has 0 saturated carbocycles. The van der Waals surface area contributed by atoms with Gasteiger partial charge in [-0.05, 0) is 127 Å². The minimum absolute atomic E-state index is 0.0517. The van der Waals surface area contributed by atoms with E-state index < -0.39 is 23.5 Å². The van der Waals surface area contributed by atoms with Crippen LogP contribution in [0.1, 0.15) is 29.2 Å². The summed E-state index contributed by atoms with van der Waals surface area (Å²) in [5.41, 5.74) is 9.60. The van der Waals surface area contributed by atoms with Crippen molar-refractivity contribution in [3.63, 3.8) is 0 Å². The predicted octanol–water partition coefficient (Wildman–Crippen LogP) is 13.0. The van der Waals surface area contributed by atoms with Crippen molar-refractivity contribution < 1.29 is 26.3 Å². The third kappa shape index (κ3) is 5.36. The summed E-state index contributed by atoms with van der Waals surface area (Å²) in [5, 5.41) is 1.63. The van der Waals surface area contributed by atoms with Crippen LogP contribution in [0.15, 0.2) is 138 Å². The van der Waals surface area contributed by atoms with Crippen molar-refractivity contribution in [2.24, 2.45) is 0 Å². The summed E-state index contributed by atoms with van der Waals surface area (Å²) >= 11 is 0. The second-order valence-electron chi connectivity index (χ2n) is 11.8. The highest BCUT2D eigenvalue weighted by Crippen LogP contribution is 2.50. The molecule has 1 aliphatic rings. The van der Waals surface area contributed by atoms with Gasteiger partial charge in [-0.25, -0.2) is 0 Å². The third-order valence-corrected chi connectivity index (χ3v) is 8.90. The highest BCUT2D eigenvalue weighted by atomic mass is 19.4. The number of allylic oxidation sites excluding steroid dienone is 4. The van der Waals surface area contributed by atoms with Crippen LogP contribution in [0.3, 0.4) is 0 Å². The maximum atomic E-state index is 14.7. The first-order chi connectivity index (χ1) is 22.9. The maximum Gasteiger partial charge on any atom is 0.417 e. The molecule has 1 aliphatic carbocycles. The quantitative estimate of drug-likeness (QED) is 0.102. The molecule has 7 rings (SSSR count). The molecule has 0 unspecified atom stereocenters. The molecule has 48 heavy (non-hydrogen) atoms. The number of halogens is 6. The van der Waals surface area contributed by atoms with Crippen molar-refractivity contribution >= 4 is 27.1 Å². The largest absolute Gasteiger partial charge is 0.417 e. The van der Waals surface area contributed by atoms with Gasteiger partial charge in [-0.3, -0.25) is 0 Å². The van der Waals surface area contributed by atoms with E-state index in [0.29, 0.717) is 38.2 Å². The van der Waals surface area contributed by atoms with Crippen molar-refractivity contribution in [3.05, 3.63) is 161 Å². The summed E-state index contributed by atoms with van der Waals surface area (Å²) in [4.78, 5) is 0. The van der Waals surface area contributed by atoms with Crippen LogP contribution < -0.4 is 0 Å². The lowest BCUT2D eigenvalue weighted by atomic mass is 9.81. The van der Waals surface area contributed by atoms with Crippen LogP contribution in [0.2, 0.25) is 0 Å². The normalized spacial score (nSPS) is 13.2. The van der Waals surface area contributed by atoms with Gasteiger partial charge >= 0.3 is 12.4 Å².